The van der Waals surface area contributed by atoms with Crippen molar-refractivity contribution in [3.05, 3.63) is 18.0 Å². The smallest absolute Gasteiger partial charge is 0.0640 e. The minimum atomic E-state index is 0.296. The summed E-state index contributed by atoms with van der Waals surface area (Å²) in [6.45, 7) is 6.07. The summed E-state index contributed by atoms with van der Waals surface area (Å²) >= 11 is 0. The maximum Gasteiger partial charge on any atom is 0.0640 e. The van der Waals surface area contributed by atoms with Gasteiger partial charge in [0.1, 0.15) is 0 Å². The van der Waals surface area contributed by atoms with E-state index in [4.69, 9.17) is 10.6 Å². The van der Waals surface area contributed by atoms with Crippen molar-refractivity contribution in [1.29, 1.82) is 0 Å². The molecule has 1 aromatic heterocycles. The van der Waals surface area contributed by atoms with Gasteiger partial charge in [-0.15, -0.1) is 0 Å². The average Bonchev–Trinajstić information content (AvgIpc) is 2.93. The Bertz CT molecular complexity index is 373. The first kappa shape index (κ1) is 14.5. The minimum Gasteiger partial charge on any atom is -0.381 e. The molecule has 1 fully saturated rings. The van der Waals surface area contributed by atoms with Crippen molar-refractivity contribution in [2.24, 2.45) is 11.8 Å². The second-order valence-electron chi connectivity index (χ2n) is 5.47. The van der Waals surface area contributed by atoms with Crippen LogP contribution in [0.3, 0.4) is 0 Å². The number of nitrogens with two attached hydrogens (primary N) is 1. The summed E-state index contributed by atoms with van der Waals surface area (Å²) in [6, 6.07) is 2.86. The van der Waals surface area contributed by atoms with Crippen molar-refractivity contribution < 1.29 is 4.74 Å². The van der Waals surface area contributed by atoms with E-state index in [-0.39, 0.29) is 0 Å². The second kappa shape index (κ2) is 7.03. The fourth-order valence-electron chi connectivity index (χ4n) is 2.62. The molecule has 0 bridgehead atoms. The molecule has 1 saturated heterocycles. The van der Waals surface area contributed by atoms with E-state index in [1.807, 2.05) is 4.68 Å². The molecule has 19 heavy (non-hydrogen) atoms. The van der Waals surface area contributed by atoms with E-state index < -0.39 is 0 Å². The quantitative estimate of drug-likeness (QED) is 0.607. The van der Waals surface area contributed by atoms with E-state index in [0.29, 0.717) is 18.0 Å². The monoisotopic (exact) mass is 266 g/mol. The molecule has 1 aliphatic heterocycles. The third-order valence-corrected chi connectivity index (χ3v) is 4.18. The Morgan fingerprint density at radius 2 is 2.26 bits per heavy atom. The zero-order chi connectivity index (χ0) is 13.7. The lowest BCUT2D eigenvalue weighted by atomic mass is 9.89. The molecular weight excluding hydrogens is 240 g/mol. The first-order valence-corrected chi connectivity index (χ1v) is 7.32. The van der Waals surface area contributed by atoms with E-state index in [1.54, 1.807) is 0 Å². The van der Waals surface area contributed by atoms with E-state index in [9.17, 15) is 0 Å². The molecule has 0 radical (unpaired) electrons. The molecule has 0 spiro atoms. The van der Waals surface area contributed by atoms with Gasteiger partial charge in [0.2, 0.25) is 0 Å². The predicted molar refractivity (Wildman–Crippen MR) is 75.6 cm³/mol. The molecule has 1 aliphatic rings. The lowest BCUT2D eigenvalue weighted by Crippen LogP contribution is -2.44. The highest BCUT2D eigenvalue weighted by atomic mass is 16.5. The summed E-state index contributed by atoms with van der Waals surface area (Å²) in [4.78, 5) is 0. The first-order valence-electron chi connectivity index (χ1n) is 7.32. The Hall–Kier alpha value is -0.910. The molecule has 2 heterocycles. The van der Waals surface area contributed by atoms with E-state index in [2.05, 4.69) is 36.6 Å². The topological polar surface area (TPSA) is 65.1 Å². The van der Waals surface area contributed by atoms with Crippen LogP contribution >= 0.6 is 0 Å². The predicted octanol–water partition coefficient (Wildman–Crippen LogP) is 1.66. The minimum absolute atomic E-state index is 0.296. The van der Waals surface area contributed by atoms with Crippen LogP contribution in [0.5, 0.6) is 0 Å². The van der Waals surface area contributed by atoms with Gasteiger partial charge in [0.25, 0.3) is 0 Å². The van der Waals surface area contributed by atoms with Crippen LogP contribution in [0.4, 0.5) is 0 Å². The van der Waals surface area contributed by atoms with Crippen molar-refractivity contribution in [3.8, 4) is 0 Å². The Labute approximate surface area is 115 Å². The van der Waals surface area contributed by atoms with Gasteiger partial charge in [0, 0.05) is 37.9 Å². The van der Waals surface area contributed by atoms with Crippen LogP contribution < -0.4 is 11.3 Å². The molecular formula is C14H26N4O. The van der Waals surface area contributed by atoms with Gasteiger partial charge in [-0.25, -0.2) is 0 Å². The van der Waals surface area contributed by atoms with E-state index >= 15 is 0 Å². The SMILES string of the molecule is CCC(C)n1ccc(CC(NN)C2CCOCC2)n1. The van der Waals surface area contributed by atoms with E-state index in [0.717, 1.165) is 44.6 Å². The van der Waals surface area contributed by atoms with Crippen molar-refractivity contribution in [3.63, 3.8) is 0 Å². The van der Waals surface area contributed by atoms with Crippen LogP contribution in [0, 0.1) is 5.92 Å². The molecule has 0 aromatic carbocycles. The van der Waals surface area contributed by atoms with Gasteiger partial charge < -0.3 is 4.74 Å². The maximum absolute atomic E-state index is 5.72. The molecule has 3 N–H and O–H groups in total. The molecule has 2 atom stereocenters. The van der Waals surface area contributed by atoms with Crippen LogP contribution in [0.2, 0.25) is 0 Å². The zero-order valence-corrected chi connectivity index (χ0v) is 12.0. The molecule has 2 rings (SSSR count). The third kappa shape index (κ3) is 3.78. The lowest BCUT2D eigenvalue weighted by Gasteiger charge is -2.29. The normalized spacial score (nSPS) is 20.4. The van der Waals surface area contributed by atoms with Crippen LogP contribution in [0.25, 0.3) is 0 Å². The molecule has 0 amide bonds. The molecule has 108 valence electrons. The average molecular weight is 266 g/mol. The molecule has 5 nitrogen and oxygen atoms in total. The summed E-state index contributed by atoms with van der Waals surface area (Å²) < 4.78 is 7.45. The highest BCUT2D eigenvalue weighted by Crippen LogP contribution is 2.21. The summed E-state index contributed by atoms with van der Waals surface area (Å²) in [6.07, 6.45) is 6.23. The van der Waals surface area contributed by atoms with Gasteiger partial charge in [0.05, 0.1) is 5.69 Å². The molecule has 5 heteroatoms. The summed E-state index contributed by atoms with van der Waals surface area (Å²) in [5.41, 5.74) is 4.09. The lowest BCUT2D eigenvalue weighted by molar-refractivity contribution is 0.0536. The Morgan fingerprint density at radius 3 is 2.89 bits per heavy atom. The number of ether oxygens (including phenoxy) is 1. The number of hydrazine groups is 1. The van der Waals surface area contributed by atoms with Crippen molar-refractivity contribution in [2.45, 2.75) is 51.6 Å². The fraction of sp³-hybridized carbons (Fsp3) is 0.786. The van der Waals surface area contributed by atoms with Gasteiger partial charge >= 0.3 is 0 Å². The summed E-state index contributed by atoms with van der Waals surface area (Å²) in [7, 11) is 0. The third-order valence-electron chi connectivity index (χ3n) is 4.18. The number of aromatic nitrogens is 2. The Kier molecular flexibility index (Phi) is 5.36. The van der Waals surface area contributed by atoms with E-state index in [1.165, 1.54) is 0 Å². The van der Waals surface area contributed by atoms with Crippen LogP contribution in [-0.4, -0.2) is 29.0 Å². The number of hydrogen-bond donors (Lipinski definition) is 2. The van der Waals surface area contributed by atoms with Gasteiger partial charge in [-0.1, -0.05) is 6.92 Å². The second-order valence-corrected chi connectivity index (χ2v) is 5.47. The molecule has 0 saturated carbocycles. The number of nitrogens with zero attached hydrogens (tertiary/aromatic N) is 2. The first-order chi connectivity index (χ1) is 9.24. The van der Waals surface area contributed by atoms with Crippen LogP contribution in [-0.2, 0) is 11.2 Å². The Balaban J connectivity index is 1.95. The largest absolute Gasteiger partial charge is 0.381 e. The standard InChI is InChI=1S/C14H26N4O/c1-3-11(2)18-7-4-13(17-18)10-14(16-15)12-5-8-19-9-6-12/h4,7,11-12,14,16H,3,5-6,8-10,15H2,1-2H3. The number of hydrogen-bond acceptors (Lipinski definition) is 4. The number of nitrogens with one attached hydrogen (secondary N) is 1. The molecule has 0 aliphatic carbocycles. The van der Waals surface area contributed by atoms with Gasteiger partial charge in [-0.05, 0) is 38.2 Å². The van der Waals surface area contributed by atoms with Crippen LogP contribution in [0.15, 0.2) is 12.3 Å². The van der Waals surface area contributed by atoms with Crippen molar-refractivity contribution in [2.75, 3.05) is 13.2 Å². The van der Waals surface area contributed by atoms with Gasteiger partial charge in [0.15, 0.2) is 0 Å². The van der Waals surface area contributed by atoms with Crippen molar-refractivity contribution in [1.82, 2.24) is 15.2 Å². The van der Waals surface area contributed by atoms with Crippen LogP contribution in [0.1, 0.15) is 44.8 Å². The van der Waals surface area contributed by atoms with Gasteiger partial charge in [-0.2, -0.15) is 5.10 Å². The number of rotatable bonds is 6. The Morgan fingerprint density at radius 1 is 1.53 bits per heavy atom. The highest BCUT2D eigenvalue weighted by molar-refractivity contribution is 5.03. The molecule has 2 unspecified atom stereocenters. The van der Waals surface area contributed by atoms with Gasteiger partial charge in [-0.3, -0.25) is 16.0 Å². The summed E-state index contributed by atoms with van der Waals surface area (Å²) in [5.74, 6) is 6.31. The highest BCUT2D eigenvalue weighted by Gasteiger charge is 2.24. The zero-order valence-electron chi connectivity index (χ0n) is 12.0. The molecule has 1 aromatic rings. The van der Waals surface area contributed by atoms with Crippen molar-refractivity contribution >= 4 is 0 Å². The fourth-order valence-corrected chi connectivity index (χ4v) is 2.62. The summed E-state index contributed by atoms with van der Waals surface area (Å²) in [5, 5.41) is 4.65. The maximum atomic E-state index is 5.72.